The molecule has 0 saturated carbocycles. The summed E-state index contributed by atoms with van der Waals surface area (Å²) < 4.78 is 16.0. The van der Waals surface area contributed by atoms with Crippen LogP contribution in [0.15, 0.2) is 28.3 Å². The van der Waals surface area contributed by atoms with Crippen LogP contribution in [0.2, 0.25) is 0 Å². The molecule has 1 amide bonds. The third-order valence-corrected chi connectivity index (χ3v) is 8.05. The van der Waals surface area contributed by atoms with E-state index >= 15 is 0 Å². The van der Waals surface area contributed by atoms with Crippen molar-refractivity contribution in [1.82, 2.24) is 10.2 Å². The fourth-order valence-corrected chi connectivity index (χ4v) is 5.94. The number of amides is 1. The van der Waals surface area contributed by atoms with Gasteiger partial charge in [0.25, 0.3) is 5.91 Å². The molecule has 2 aromatic carbocycles. The maximum atomic E-state index is 13.9. The Labute approximate surface area is 250 Å². The Bertz CT molecular complexity index is 1400. The van der Waals surface area contributed by atoms with Gasteiger partial charge in [-0.15, -0.1) is 0 Å². The van der Waals surface area contributed by atoms with Crippen molar-refractivity contribution in [3.8, 4) is 17.6 Å². The van der Waals surface area contributed by atoms with Crippen LogP contribution in [0.5, 0.6) is 11.5 Å². The first-order valence-corrected chi connectivity index (χ1v) is 14.6. The number of Topliss-reactive ketones (excluding diaryl/α,β-unsaturated/α-hetero) is 1. The van der Waals surface area contributed by atoms with Gasteiger partial charge < -0.3 is 24.6 Å². The van der Waals surface area contributed by atoms with Crippen LogP contribution in [-0.4, -0.2) is 62.8 Å². The summed E-state index contributed by atoms with van der Waals surface area (Å²) in [5.41, 5.74) is 4.30. The number of nitriles is 1. The second-order valence-electron chi connectivity index (χ2n) is 11.4. The number of halogens is 1. The van der Waals surface area contributed by atoms with Crippen LogP contribution in [0.25, 0.3) is 0 Å². The average Bonchev–Trinajstić information content (AvgIpc) is 3.30. The lowest BCUT2D eigenvalue weighted by molar-refractivity contribution is 0.0953. The van der Waals surface area contributed by atoms with Crippen molar-refractivity contribution in [3.63, 3.8) is 0 Å². The summed E-state index contributed by atoms with van der Waals surface area (Å²) >= 11 is 3.25. The number of anilines is 1. The molecule has 0 atom stereocenters. The standard InChI is InChI=1S/C31H38BrN5O4/c1-7-41-27-14-21-17-37(29(35-32)22(21)15-23(27)30(39)34-5)18-26(38)20-12-24(31(2,3)4)28(40-6)25(13-20)36-10-8-19(16-33)9-11-36/h12-15,19H,7-11,17-18H2,1-6H3,(H,34,39). The molecule has 0 bridgehead atoms. The summed E-state index contributed by atoms with van der Waals surface area (Å²) in [6.07, 6.45) is 1.56. The molecule has 41 heavy (non-hydrogen) atoms. The van der Waals surface area contributed by atoms with Crippen molar-refractivity contribution in [2.45, 2.75) is 52.5 Å². The zero-order valence-electron chi connectivity index (χ0n) is 24.6. The van der Waals surface area contributed by atoms with Crippen molar-refractivity contribution < 1.29 is 19.1 Å². The lowest BCUT2D eigenvalue weighted by Crippen LogP contribution is -2.34. The summed E-state index contributed by atoms with van der Waals surface area (Å²) in [5, 5.41) is 12.0. The molecule has 1 fully saturated rings. The fraction of sp³-hybridized carbons (Fsp3) is 0.484. The van der Waals surface area contributed by atoms with E-state index in [2.05, 4.69) is 57.2 Å². The van der Waals surface area contributed by atoms with Crippen molar-refractivity contribution in [1.29, 1.82) is 5.26 Å². The molecular formula is C31H38BrN5O4. The van der Waals surface area contributed by atoms with Crippen LogP contribution in [-0.2, 0) is 12.0 Å². The van der Waals surface area contributed by atoms with Crippen LogP contribution >= 0.6 is 16.1 Å². The Morgan fingerprint density at radius 3 is 2.46 bits per heavy atom. The molecule has 2 aromatic rings. The summed E-state index contributed by atoms with van der Waals surface area (Å²) in [4.78, 5) is 30.6. The third-order valence-electron chi connectivity index (χ3n) is 7.71. The van der Waals surface area contributed by atoms with Gasteiger partial charge in [0, 0.05) is 49.3 Å². The van der Waals surface area contributed by atoms with Gasteiger partial charge in [-0.3, -0.25) is 9.59 Å². The van der Waals surface area contributed by atoms with Crippen molar-refractivity contribution in [2.24, 2.45) is 9.94 Å². The maximum absolute atomic E-state index is 13.9. The van der Waals surface area contributed by atoms with Gasteiger partial charge in [-0.25, -0.2) is 0 Å². The number of rotatable bonds is 8. The van der Waals surface area contributed by atoms with E-state index in [0.29, 0.717) is 35.9 Å². The highest BCUT2D eigenvalue weighted by Gasteiger charge is 2.32. The van der Waals surface area contributed by atoms with Gasteiger partial charge in [0.05, 0.1) is 53.7 Å². The minimum atomic E-state index is -0.264. The molecule has 2 heterocycles. The van der Waals surface area contributed by atoms with E-state index in [1.54, 1.807) is 20.2 Å². The molecule has 0 spiro atoms. The monoisotopic (exact) mass is 623 g/mol. The van der Waals surface area contributed by atoms with Crippen molar-refractivity contribution >= 4 is 39.4 Å². The van der Waals surface area contributed by atoms with Gasteiger partial charge in [0.1, 0.15) is 17.3 Å². The van der Waals surface area contributed by atoms with Gasteiger partial charge in [0.2, 0.25) is 0 Å². The normalized spacial score (nSPS) is 16.4. The van der Waals surface area contributed by atoms with Gasteiger partial charge >= 0.3 is 0 Å². The Kier molecular flexibility index (Phi) is 9.27. The highest BCUT2D eigenvalue weighted by molar-refractivity contribution is 9.08. The Hall–Kier alpha value is -3.58. The van der Waals surface area contributed by atoms with E-state index in [1.165, 1.54) is 0 Å². The predicted molar refractivity (Wildman–Crippen MR) is 163 cm³/mol. The number of fused-ring (bicyclic) bond motifs is 1. The molecule has 1 N–H and O–H groups in total. The quantitative estimate of drug-likeness (QED) is 0.400. The summed E-state index contributed by atoms with van der Waals surface area (Å²) in [6.45, 7) is 10.6. The number of nitrogens with zero attached hydrogens (tertiary/aromatic N) is 4. The second-order valence-corrected chi connectivity index (χ2v) is 11.8. The van der Waals surface area contributed by atoms with Gasteiger partial charge in [-0.05, 0) is 55.0 Å². The number of ether oxygens (including phenoxy) is 2. The number of hydrogen-bond donors (Lipinski definition) is 1. The molecule has 2 aliphatic heterocycles. The Morgan fingerprint density at radius 2 is 1.90 bits per heavy atom. The second kappa shape index (κ2) is 12.5. The number of hydrogen-bond acceptors (Lipinski definition) is 7. The number of carbonyl (C=O) groups is 2. The highest BCUT2D eigenvalue weighted by Crippen LogP contribution is 2.41. The first-order chi connectivity index (χ1) is 19.6. The van der Waals surface area contributed by atoms with E-state index < -0.39 is 0 Å². The SMILES string of the molecule is CCOc1cc2c(cc1C(=O)NC)C(=NBr)N(CC(=O)c1cc(N3CCC(C#N)CC3)c(OC)c(C(C)(C)C)c1)C2. The minimum absolute atomic E-state index is 0.0510. The van der Waals surface area contributed by atoms with Crippen LogP contribution in [0, 0.1) is 17.2 Å². The van der Waals surface area contributed by atoms with Gasteiger partial charge in [-0.2, -0.15) is 9.28 Å². The molecule has 4 rings (SSSR count). The molecule has 0 radical (unpaired) electrons. The maximum Gasteiger partial charge on any atom is 0.254 e. The molecule has 2 aliphatic rings. The number of carbonyl (C=O) groups excluding carboxylic acids is 2. The zero-order valence-corrected chi connectivity index (χ0v) is 26.2. The van der Waals surface area contributed by atoms with E-state index in [1.807, 2.05) is 30.0 Å². The molecule has 0 aliphatic carbocycles. The van der Waals surface area contributed by atoms with E-state index in [4.69, 9.17) is 9.47 Å². The number of benzene rings is 2. The van der Waals surface area contributed by atoms with E-state index in [9.17, 15) is 14.9 Å². The van der Waals surface area contributed by atoms with Crippen LogP contribution < -0.4 is 19.7 Å². The lowest BCUT2D eigenvalue weighted by Gasteiger charge is -2.34. The Balaban J connectivity index is 1.68. The number of ketones is 1. The lowest BCUT2D eigenvalue weighted by atomic mass is 9.84. The number of amidine groups is 1. The predicted octanol–water partition coefficient (Wildman–Crippen LogP) is 5.25. The van der Waals surface area contributed by atoms with Crippen LogP contribution in [0.3, 0.4) is 0 Å². The summed E-state index contributed by atoms with van der Waals surface area (Å²) in [7, 11) is 3.25. The molecule has 218 valence electrons. The average molecular weight is 625 g/mol. The molecule has 0 unspecified atom stereocenters. The van der Waals surface area contributed by atoms with Crippen LogP contribution in [0.1, 0.15) is 77.9 Å². The Morgan fingerprint density at radius 1 is 1.20 bits per heavy atom. The first-order valence-electron chi connectivity index (χ1n) is 13.9. The fourth-order valence-electron chi connectivity index (χ4n) is 5.52. The van der Waals surface area contributed by atoms with E-state index in [-0.39, 0.29) is 29.6 Å². The van der Waals surface area contributed by atoms with Crippen molar-refractivity contribution in [3.05, 3.63) is 52.1 Å². The van der Waals surface area contributed by atoms with E-state index in [0.717, 1.165) is 54.1 Å². The van der Waals surface area contributed by atoms with Crippen molar-refractivity contribution in [2.75, 3.05) is 45.3 Å². The molecule has 9 nitrogen and oxygen atoms in total. The molecular weight excluding hydrogens is 586 g/mol. The summed E-state index contributed by atoms with van der Waals surface area (Å²) in [6, 6.07) is 9.89. The smallest absolute Gasteiger partial charge is 0.254 e. The number of piperidine rings is 1. The molecule has 0 aromatic heterocycles. The highest BCUT2D eigenvalue weighted by atomic mass is 79.9. The molecule has 10 heteroatoms. The molecule has 1 saturated heterocycles. The topological polar surface area (TPSA) is 107 Å². The first kappa shape index (κ1) is 30.4. The van der Waals surface area contributed by atoms with Gasteiger partial charge in [0.15, 0.2) is 5.78 Å². The number of methoxy groups -OCH3 is 1. The summed E-state index contributed by atoms with van der Waals surface area (Å²) in [5.74, 6) is 1.61. The zero-order chi connectivity index (χ0) is 29.9. The number of nitrogens with one attached hydrogen (secondary N) is 1. The largest absolute Gasteiger partial charge is 0.494 e. The van der Waals surface area contributed by atoms with Crippen LogP contribution in [0.4, 0.5) is 5.69 Å². The minimum Gasteiger partial charge on any atom is -0.494 e. The third kappa shape index (κ3) is 6.20. The van der Waals surface area contributed by atoms with Gasteiger partial charge in [-0.1, -0.05) is 20.8 Å².